The van der Waals surface area contributed by atoms with Crippen LogP contribution in [0.2, 0.25) is 10.2 Å². The van der Waals surface area contributed by atoms with Gasteiger partial charge in [-0.25, -0.2) is 18.1 Å². The minimum absolute atomic E-state index is 0.199. The fourth-order valence-corrected chi connectivity index (χ4v) is 4.89. The molecule has 0 aliphatic rings. The smallest absolute Gasteiger partial charge is 0.257 e. The number of nitrogens with one attached hydrogen (secondary N) is 1. The minimum Gasteiger partial charge on any atom is -0.494 e. The van der Waals surface area contributed by atoms with Gasteiger partial charge in [-0.15, -0.1) is 0 Å². The molecule has 3 rings (SSSR count). The van der Waals surface area contributed by atoms with Gasteiger partial charge in [0.2, 0.25) is 0 Å². The molecule has 38 heavy (non-hydrogen) atoms. The van der Waals surface area contributed by atoms with Crippen molar-refractivity contribution < 1.29 is 17.9 Å². The summed E-state index contributed by atoms with van der Waals surface area (Å²) in [6.07, 6.45) is 7.77. The van der Waals surface area contributed by atoms with Gasteiger partial charge in [-0.05, 0) is 41.8 Å². The summed E-state index contributed by atoms with van der Waals surface area (Å²) >= 11 is 12.9. The molecule has 0 aliphatic carbocycles. The molecule has 0 saturated heterocycles. The molecule has 0 bridgehead atoms. The molecule has 7 nitrogen and oxygen atoms in total. The van der Waals surface area contributed by atoms with Crippen LogP contribution in [-0.2, 0) is 27.8 Å². The third-order valence-electron chi connectivity index (χ3n) is 5.60. The first-order valence-corrected chi connectivity index (χ1v) is 14.7. The zero-order chi connectivity index (χ0) is 27.5. The highest BCUT2D eigenvalue weighted by molar-refractivity contribution is 7.93. The molecule has 0 saturated carbocycles. The van der Waals surface area contributed by atoms with Crippen LogP contribution in [0, 0.1) is 0 Å². The molecular formula is C28H31Cl2N3O4S. The first kappa shape index (κ1) is 29.5. The van der Waals surface area contributed by atoms with E-state index in [1.54, 1.807) is 30.3 Å². The molecule has 3 aromatic rings. The SMILES string of the molecule is CCCCCOc1ccc(Cn2c(CC)nc(Cl)c2/C=C/C(=O)NS(=O)(=O)C=Cc2ccccc2)c(Cl)c1. The van der Waals surface area contributed by atoms with Gasteiger partial charge >= 0.3 is 0 Å². The first-order valence-electron chi connectivity index (χ1n) is 12.4. The van der Waals surface area contributed by atoms with Crippen LogP contribution >= 0.6 is 23.2 Å². The maximum absolute atomic E-state index is 12.4. The first-order chi connectivity index (χ1) is 18.2. The third-order valence-corrected chi connectivity index (χ3v) is 7.21. The summed E-state index contributed by atoms with van der Waals surface area (Å²) in [6, 6.07) is 14.4. The summed E-state index contributed by atoms with van der Waals surface area (Å²) in [5.41, 5.74) is 1.98. The Kier molecular flexibility index (Phi) is 11.0. The fraction of sp³-hybridized carbons (Fsp3) is 0.286. The normalized spacial score (nSPS) is 11.9. The lowest BCUT2D eigenvalue weighted by Crippen LogP contribution is -2.26. The molecule has 1 N–H and O–H groups in total. The van der Waals surface area contributed by atoms with Gasteiger partial charge in [0.25, 0.3) is 15.9 Å². The average molecular weight is 577 g/mol. The van der Waals surface area contributed by atoms with Crippen LogP contribution in [0.3, 0.4) is 0 Å². The number of carbonyl (C=O) groups is 1. The number of sulfonamides is 1. The standard InChI is InChI=1S/C28H31Cl2N3O4S/c1-3-5-9-17-37-23-13-12-22(24(29)19-23)20-33-25(28(30)31-26(33)4-2)14-15-27(34)32-38(35,36)18-16-21-10-7-6-8-11-21/h6-8,10-16,18-19H,3-5,9,17,20H2,1-2H3,(H,32,34)/b15-14+,18-16?. The number of carbonyl (C=O) groups excluding carboxylic acids is 1. The van der Waals surface area contributed by atoms with Crippen LogP contribution in [0.25, 0.3) is 12.2 Å². The Morgan fingerprint density at radius 3 is 2.53 bits per heavy atom. The summed E-state index contributed by atoms with van der Waals surface area (Å²) < 4.78 is 34.2. The number of halogens is 2. The highest BCUT2D eigenvalue weighted by atomic mass is 35.5. The number of ether oxygens (including phenoxy) is 1. The van der Waals surface area contributed by atoms with Crippen LogP contribution in [0.4, 0.5) is 0 Å². The zero-order valence-corrected chi connectivity index (χ0v) is 23.7. The van der Waals surface area contributed by atoms with Gasteiger partial charge in [0.1, 0.15) is 11.6 Å². The lowest BCUT2D eigenvalue weighted by Gasteiger charge is -2.13. The van der Waals surface area contributed by atoms with Crippen molar-refractivity contribution in [3.05, 3.63) is 92.8 Å². The van der Waals surface area contributed by atoms with E-state index < -0.39 is 15.9 Å². The highest BCUT2D eigenvalue weighted by Crippen LogP contribution is 2.27. The molecule has 0 atom stereocenters. The van der Waals surface area contributed by atoms with Gasteiger partial charge in [-0.1, -0.05) is 86.3 Å². The topological polar surface area (TPSA) is 90.3 Å². The van der Waals surface area contributed by atoms with Crippen LogP contribution in [0.15, 0.2) is 60.0 Å². The zero-order valence-electron chi connectivity index (χ0n) is 21.4. The minimum atomic E-state index is -3.99. The number of nitrogens with zero attached hydrogens (tertiary/aromatic N) is 2. The number of hydrogen-bond donors (Lipinski definition) is 1. The number of benzene rings is 2. The summed E-state index contributed by atoms with van der Waals surface area (Å²) in [6.45, 7) is 5.07. The second kappa shape index (κ2) is 14.2. The van der Waals surface area contributed by atoms with Gasteiger partial charge in [0.05, 0.1) is 24.3 Å². The van der Waals surface area contributed by atoms with E-state index in [-0.39, 0.29) is 5.15 Å². The second-order valence-electron chi connectivity index (χ2n) is 8.51. The monoisotopic (exact) mass is 575 g/mol. The number of rotatable bonds is 13. The predicted molar refractivity (Wildman–Crippen MR) is 154 cm³/mol. The second-order valence-corrected chi connectivity index (χ2v) is 10.8. The summed E-state index contributed by atoms with van der Waals surface area (Å²) in [4.78, 5) is 16.8. The van der Waals surface area contributed by atoms with Crippen molar-refractivity contribution in [2.24, 2.45) is 0 Å². The largest absolute Gasteiger partial charge is 0.494 e. The molecular weight excluding hydrogens is 545 g/mol. The van der Waals surface area contributed by atoms with Crippen LogP contribution < -0.4 is 9.46 Å². The van der Waals surface area contributed by atoms with E-state index >= 15 is 0 Å². The van der Waals surface area contributed by atoms with E-state index in [0.29, 0.717) is 47.4 Å². The van der Waals surface area contributed by atoms with Crippen LogP contribution in [0.5, 0.6) is 5.75 Å². The van der Waals surface area contributed by atoms with Crippen molar-refractivity contribution in [1.82, 2.24) is 14.3 Å². The number of aryl methyl sites for hydroxylation is 1. The predicted octanol–water partition coefficient (Wildman–Crippen LogP) is 6.50. The molecule has 0 aliphatic heterocycles. The number of unbranched alkanes of at least 4 members (excludes halogenated alkanes) is 2. The number of aromatic nitrogens is 2. The summed E-state index contributed by atoms with van der Waals surface area (Å²) in [5.74, 6) is 0.588. The van der Waals surface area contributed by atoms with Gasteiger partial charge in [0.15, 0.2) is 5.15 Å². The Hall–Kier alpha value is -3.07. The maximum atomic E-state index is 12.4. The van der Waals surface area contributed by atoms with E-state index in [0.717, 1.165) is 36.3 Å². The molecule has 0 fully saturated rings. The molecule has 10 heteroatoms. The molecule has 2 aromatic carbocycles. The molecule has 0 unspecified atom stereocenters. The van der Waals surface area contributed by atoms with E-state index in [9.17, 15) is 13.2 Å². The van der Waals surface area contributed by atoms with Gasteiger partial charge < -0.3 is 9.30 Å². The molecule has 0 radical (unpaired) electrons. The highest BCUT2D eigenvalue weighted by Gasteiger charge is 2.16. The Morgan fingerprint density at radius 2 is 1.84 bits per heavy atom. The van der Waals surface area contributed by atoms with E-state index in [2.05, 4.69) is 11.9 Å². The van der Waals surface area contributed by atoms with Gasteiger partial charge in [-0.3, -0.25) is 4.79 Å². The Morgan fingerprint density at radius 1 is 1.08 bits per heavy atom. The fourth-order valence-electron chi connectivity index (χ4n) is 3.64. The number of imidazole rings is 1. The number of hydrogen-bond acceptors (Lipinski definition) is 5. The van der Waals surface area contributed by atoms with E-state index in [1.165, 1.54) is 12.2 Å². The van der Waals surface area contributed by atoms with Gasteiger partial charge in [-0.2, -0.15) is 0 Å². The van der Waals surface area contributed by atoms with Gasteiger partial charge in [0, 0.05) is 17.5 Å². The molecule has 1 amide bonds. The van der Waals surface area contributed by atoms with Crippen LogP contribution in [0.1, 0.15) is 55.8 Å². The Bertz CT molecular complexity index is 1400. The lowest BCUT2D eigenvalue weighted by atomic mass is 10.2. The Balaban J connectivity index is 1.73. The molecule has 1 heterocycles. The van der Waals surface area contributed by atoms with Crippen LogP contribution in [-0.4, -0.2) is 30.5 Å². The molecule has 202 valence electrons. The average Bonchev–Trinajstić information content (AvgIpc) is 3.20. The third kappa shape index (κ3) is 8.75. The molecule has 1 aromatic heterocycles. The van der Waals surface area contributed by atoms with E-state index in [4.69, 9.17) is 27.9 Å². The quantitative estimate of drug-likeness (QED) is 0.185. The van der Waals surface area contributed by atoms with Crippen molar-refractivity contribution in [1.29, 1.82) is 0 Å². The van der Waals surface area contributed by atoms with E-state index in [1.807, 2.05) is 34.4 Å². The number of amides is 1. The van der Waals surface area contributed by atoms with Crippen molar-refractivity contribution in [3.63, 3.8) is 0 Å². The van der Waals surface area contributed by atoms with Crippen molar-refractivity contribution >= 4 is 51.3 Å². The van der Waals surface area contributed by atoms with Crippen molar-refractivity contribution in [2.45, 2.75) is 46.1 Å². The maximum Gasteiger partial charge on any atom is 0.257 e. The summed E-state index contributed by atoms with van der Waals surface area (Å²) in [5, 5.41) is 1.68. The summed E-state index contributed by atoms with van der Waals surface area (Å²) in [7, 11) is -3.99. The van der Waals surface area contributed by atoms with Crippen molar-refractivity contribution in [2.75, 3.05) is 6.61 Å². The molecule has 0 spiro atoms. The van der Waals surface area contributed by atoms with Crippen molar-refractivity contribution in [3.8, 4) is 5.75 Å². The lowest BCUT2D eigenvalue weighted by molar-refractivity contribution is -0.114. The Labute approximate surface area is 234 Å².